The zero-order chi connectivity index (χ0) is 27.3. The minimum atomic E-state index is -1.17. The molecule has 3 aromatic rings. The minimum absolute atomic E-state index is 0.00153. The van der Waals surface area contributed by atoms with E-state index in [1.165, 1.54) is 7.05 Å². The number of rotatable bonds is 12. The van der Waals surface area contributed by atoms with Crippen LogP contribution in [0.25, 0.3) is 11.4 Å². The van der Waals surface area contributed by atoms with Gasteiger partial charge in [0.2, 0.25) is 5.91 Å². The van der Waals surface area contributed by atoms with Gasteiger partial charge in [-0.1, -0.05) is 25.7 Å². The van der Waals surface area contributed by atoms with Crippen LogP contribution in [0.5, 0.6) is 5.75 Å². The van der Waals surface area contributed by atoms with Crippen LogP contribution in [0.2, 0.25) is 25.7 Å². The molecule has 38 heavy (non-hydrogen) atoms. The van der Waals surface area contributed by atoms with E-state index in [4.69, 9.17) is 9.47 Å². The molecule has 0 unspecified atom stereocenters. The van der Waals surface area contributed by atoms with Crippen LogP contribution in [0, 0.1) is 5.92 Å². The van der Waals surface area contributed by atoms with Crippen molar-refractivity contribution >= 4 is 37.1 Å². The second-order valence-corrected chi connectivity index (χ2v) is 15.9. The molecule has 1 fully saturated rings. The summed E-state index contributed by atoms with van der Waals surface area (Å²) in [6.07, 6.45) is 3.34. The highest BCUT2D eigenvalue weighted by molar-refractivity contribution is 6.76. The summed E-state index contributed by atoms with van der Waals surface area (Å²) in [4.78, 5) is 29.1. The summed E-state index contributed by atoms with van der Waals surface area (Å²) in [5.41, 5.74) is 1.65. The predicted octanol–water partition coefficient (Wildman–Crippen LogP) is 3.51. The summed E-state index contributed by atoms with van der Waals surface area (Å²) in [5.74, 6) is 0.668. The van der Waals surface area contributed by atoms with Crippen LogP contribution in [-0.4, -0.2) is 65.6 Å². The minimum Gasteiger partial charge on any atom is -0.494 e. The van der Waals surface area contributed by atoms with Crippen molar-refractivity contribution in [3.8, 4) is 17.1 Å². The van der Waals surface area contributed by atoms with Crippen LogP contribution < -0.4 is 20.7 Å². The molecule has 2 heterocycles. The van der Waals surface area contributed by atoms with Gasteiger partial charge in [-0.3, -0.25) is 9.59 Å². The van der Waals surface area contributed by atoms with Crippen LogP contribution >= 0.6 is 0 Å². The topological polar surface area (TPSA) is 145 Å². The van der Waals surface area contributed by atoms with E-state index < -0.39 is 14.0 Å². The highest BCUT2D eigenvalue weighted by Crippen LogP contribution is 2.37. The largest absolute Gasteiger partial charge is 0.494 e. The molecule has 0 aliphatic heterocycles. The molecule has 1 saturated carbocycles. The van der Waals surface area contributed by atoms with Crippen LogP contribution in [0.3, 0.4) is 0 Å². The quantitative estimate of drug-likeness (QED) is 0.233. The normalized spacial score (nSPS) is 13.2. The smallest absolute Gasteiger partial charge is 0.273 e. The molecular weight excluding hydrogens is 504 g/mol. The molecule has 202 valence electrons. The first-order valence-electron chi connectivity index (χ1n) is 12.5. The predicted molar refractivity (Wildman–Crippen MR) is 146 cm³/mol. The standard InChI is InChI=1S/C25H34N8O4Si/c1-26-25(35)21-19(13-20(30-31-21)29-24(34)16-9-10-16)28-18-8-6-7-17(22(18)36-2)23-27-14-33(32-23)15-37-11-12-38(3,4)5/h6-8,13-14,16H,9-12,15H2,1-5H3,(H,26,35)(H2,28,29,30,34). The van der Waals surface area contributed by atoms with Crippen LogP contribution in [0.15, 0.2) is 30.6 Å². The first-order chi connectivity index (χ1) is 18.2. The number of benzene rings is 1. The Morgan fingerprint density at radius 1 is 1.16 bits per heavy atom. The first kappa shape index (κ1) is 27.2. The number of para-hydroxylation sites is 1. The highest BCUT2D eigenvalue weighted by Gasteiger charge is 2.30. The van der Waals surface area contributed by atoms with Gasteiger partial charge in [0.1, 0.15) is 13.1 Å². The molecule has 1 aliphatic rings. The number of carbonyl (C=O) groups is 2. The average Bonchev–Trinajstić information content (AvgIpc) is 3.64. The second kappa shape index (κ2) is 11.7. The van der Waals surface area contributed by atoms with Crippen LogP contribution in [-0.2, 0) is 16.3 Å². The summed E-state index contributed by atoms with van der Waals surface area (Å²) >= 11 is 0. The molecule has 0 bridgehead atoms. The Morgan fingerprint density at radius 2 is 1.95 bits per heavy atom. The molecule has 0 radical (unpaired) electrons. The lowest BCUT2D eigenvalue weighted by atomic mass is 10.1. The third-order valence-electron chi connectivity index (χ3n) is 5.92. The van der Waals surface area contributed by atoms with Crippen molar-refractivity contribution in [2.24, 2.45) is 5.92 Å². The van der Waals surface area contributed by atoms with E-state index in [9.17, 15) is 9.59 Å². The van der Waals surface area contributed by atoms with Gasteiger partial charge in [-0.05, 0) is 31.0 Å². The van der Waals surface area contributed by atoms with Crippen molar-refractivity contribution in [2.75, 3.05) is 31.4 Å². The third kappa shape index (κ3) is 6.92. The number of hydrogen-bond acceptors (Lipinski definition) is 9. The van der Waals surface area contributed by atoms with Gasteiger partial charge in [0.05, 0.1) is 24.0 Å². The van der Waals surface area contributed by atoms with Crippen molar-refractivity contribution in [3.63, 3.8) is 0 Å². The Morgan fingerprint density at radius 3 is 2.63 bits per heavy atom. The molecule has 3 N–H and O–H groups in total. The average molecular weight is 539 g/mol. The van der Waals surface area contributed by atoms with Crippen molar-refractivity contribution in [1.29, 1.82) is 0 Å². The van der Waals surface area contributed by atoms with Gasteiger partial charge < -0.3 is 25.4 Å². The SMILES string of the molecule is CNC(=O)c1nnc(NC(=O)C2CC2)cc1Nc1cccc(-c2ncn(COCC[Si](C)(C)C)n2)c1OC. The highest BCUT2D eigenvalue weighted by atomic mass is 28.3. The summed E-state index contributed by atoms with van der Waals surface area (Å²) in [6, 6.07) is 8.13. The number of nitrogens with one attached hydrogen (secondary N) is 3. The third-order valence-corrected chi connectivity index (χ3v) is 7.63. The van der Waals surface area contributed by atoms with E-state index >= 15 is 0 Å². The molecule has 0 atom stereocenters. The Kier molecular flexibility index (Phi) is 8.37. The molecule has 1 aliphatic carbocycles. The maximum Gasteiger partial charge on any atom is 0.273 e. The Hall–Kier alpha value is -3.84. The first-order valence-corrected chi connectivity index (χ1v) is 16.2. The van der Waals surface area contributed by atoms with Gasteiger partial charge in [-0.25, -0.2) is 9.67 Å². The summed E-state index contributed by atoms with van der Waals surface area (Å²) < 4.78 is 13.1. The van der Waals surface area contributed by atoms with E-state index in [1.807, 2.05) is 12.1 Å². The fourth-order valence-electron chi connectivity index (χ4n) is 3.60. The van der Waals surface area contributed by atoms with E-state index in [0.29, 0.717) is 41.8 Å². The number of amides is 2. The Balaban J connectivity index is 1.56. The van der Waals surface area contributed by atoms with Crippen LogP contribution in [0.4, 0.5) is 17.2 Å². The number of ether oxygens (including phenoxy) is 2. The fraction of sp³-hybridized carbons (Fsp3) is 0.440. The molecule has 0 spiro atoms. The van der Waals surface area contributed by atoms with Gasteiger partial charge in [-0.2, -0.15) is 0 Å². The Labute approximate surface area is 222 Å². The summed E-state index contributed by atoms with van der Waals surface area (Å²) in [7, 11) is 1.89. The van der Waals surface area contributed by atoms with E-state index in [2.05, 4.69) is 55.9 Å². The maximum absolute atomic E-state index is 12.5. The number of nitrogens with zero attached hydrogens (tertiary/aromatic N) is 5. The van der Waals surface area contributed by atoms with Gasteiger partial charge >= 0.3 is 0 Å². The monoisotopic (exact) mass is 538 g/mol. The number of methoxy groups -OCH3 is 1. The number of aromatic nitrogens is 5. The lowest BCUT2D eigenvalue weighted by Crippen LogP contribution is -2.22. The zero-order valence-corrected chi connectivity index (χ0v) is 23.4. The van der Waals surface area contributed by atoms with Gasteiger partial charge in [0.15, 0.2) is 23.1 Å². The van der Waals surface area contributed by atoms with Crippen molar-refractivity contribution in [3.05, 3.63) is 36.3 Å². The lowest BCUT2D eigenvalue weighted by Gasteiger charge is -2.16. The fourth-order valence-corrected chi connectivity index (χ4v) is 4.36. The van der Waals surface area contributed by atoms with Gasteiger partial charge in [0, 0.05) is 33.7 Å². The summed E-state index contributed by atoms with van der Waals surface area (Å²) in [6.45, 7) is 7.92. The molecule has 2 amide bonds. The summed E-state index contributed by atoms with van der Waals surface area (Å²) in [5, 5.41) is 21.1. The van der Waals surface area contributed by atoms with E-state index in [-0.39, 0.29) is 23.3 Å². The number of anilines is 3. The van der Waals surface area contributed by atoms with E-state index in [0.717, 1.165) is 18.9 Å². The van der Waals surface area contributed by atoms with Crippen LogP contribution in [0.1, 0.15) is 23.3 Å². The van der Waals surface area contributed by atoms with Crippen molar-refractivity contribution in [2.45, 2.75) is 45.3 Å². The van der Waals surface area contributed by atoms with Gasteiger partial charge in [-0.15, -0.1) is 15.3 Å². The second-order valence-electron chi connectivity index (χ2n) is 10.3. The number of carbonyl (C=O) groups excluding carboxylic acids is 2. The maximum atomic E-state index is 12.5. The molecule has 1 aromatic carbocycles. The van der Waals surface area contributed by atoms with Gasteiger partial charge in [0.25, 0.3) is 5.91 Å². The Bertz CT molecular complexity index is 1300. The zero-order valence-electron chi connectivity index (χ0n) is 22.4. The van der Waals surface area contributed by atoms with E-state index in [1.54, 1.807) is 30.3 Å². The molecule has 4 rings (SSSR count). The lowest BCUT2D eigenvalue weighted by molar-refractivity contribution is -0.117. The van der Waals surface area contributed by atoms with Crippen molar-refractivity contribution in [1.82, 2.24) is 30.3 Å². The molecule has 0 saturated heterocycles. The number of hydrogen-bond donors (Lipinski definition) is 3. The molecule has 2 aromatic heterocycles. The van der Waals surface area contributed by atoms with Crippen molar-refractivity contribution < 1.29 is 19.1 Å². The molecule has 12 nitrogen and oxygen atoms in total. The molecular formula is C25H34N8O4Si. The molecule has 13 heteroatoms.